The first-order chi connectivity index (χ1) is 15.5. The lowest BCUT2D eigenvalue weighted by atomic mass is 9.84. The monoisotopic (exact) mass is 471 g/mol. The maximum absolute atomic E-state index is 13.2. The second-order valence-electron chi connectivity index (χ2n) is 7.82. The molecule has 0 bridgehead atoms. The van der Waals surface area contributed by atoms with E-state index in [2.05, 4.69) is 29.1 Å². The highest BCUT2D eigenvalue weighted by Gasteiger charge is 2.26. The van der Waals surface area contributed by atoms with Crippen molar-refractivity contribution in [3.05, 3.63) is 65.9 Å². The van der Waals surface area contributed by atoms with Crippen LogP contribution in [0.15, 0.2) is 70.2 Å². The lowest BCUT2D eigenvalue weighted by Gasteiger charge is -2.23. The fraction of sp³-hybridized carbons (Fsp3) is 0.375. The summed E-state index contributed by atoms with van der Waals surface area (Å²) in [6, 6.07) is 9.79. The predicted molar refractivity (Wildman–Crippen MR) is 128 cm³/mol. The maximum Gasteiger partial charge on any atom is 0.233 e. The SMILES string of the molecule is CCCC(CCC)CC(C(=O)Nc1nccs1)c1ccc(S(=O)(=O)c2cccnc2)cc1. The zero-order chi connectivity index (χ0) is 23.0. The Hall–Kier alpha value is -2.58. The molecule has 3 aromatic rings. The van der Waals surface area contributed by atoms with E-state index in [9.17, 15) is 13.2 Å². The Labute approximate surface area is 194 Å². The molecule has 0 saturated carbocycles. The first-order valence-electron chi connectivity index (χ1n) is 10.9. The molecule has 2 aromatic heterocycles. The third-order valence-electron chi connectivity index (χ3n) is 5.48. The fourth-order valence-electron chi connectivity index (χ4n) is 3.92. The minimum absolute atomic E-state index is 0.111. The lowest BCUT2D eigenvalue weighted by Crippen LogP contribution is -2.23. The molecule has 1 aromatic carbocycles. The van der Waals surface area contributed by atoms with E-state index in [1.54, 1.807) is 36.5 Å². The van der Waals surface area contributed by atoms with E-state index in [-0.39, 0.29) is 21.6 Å². The number of amides is 1. The average molecular weight is 472 g/mol. The van der Waals surface area contributed by atoms with E-state index in [1.807, 2.05) is 5.38 Å². The van der Waals surface area contributed by atoms with E-state index in [1.165, 1.54) is 29.8 Å². The van der Waals surface area contributed by atoms with E-state index >= 15 is 0 Å². The molecular formula is C24H29N3O3S2. The Bertz CT molecular complexity index is 1080. The normalized spacial score (nSPS) is 12.6. The molecule has 0 aliphatic carbocycles. The summed E-state index contributed by atoms with van der Waals surface area (Å²) in [4.78, 5) is 21.6. The zero-order valence-electron chi connectivity index (χ0n) is 18.4. The van der Waals surface area contributed by atoms with Gasteiger partial charge in [0.05, 0.1) is 15.7 Å². The van der Waals surface area contributed by atoms with Crippen LogP contribution in [0, 0.1) is 5.92 Å². The number of aromatic nitrogens is 2. The maximum atomic E-state index is 13.2. The minimum Gasteiger partial charge on any atom is -0.301 e. The molecule has 0 radical (unpaired) electrons. The summed E-state index contributed by atoms with van der Waals surface area (Å²) in [5, 5.41) is 5.31. The van der Waals surface area contributed by atoms with Crippen LogP contribution in [-0.2, 0) is 14.6 Å². The molecule has 1 N–H and O–H groups in total. The molecule has 32 heavy (non-hydrogen) atoms. The van der Waals surface area contributed by atoms with Crippen molar-refractivity contribution in [2.45, 2.75) is 61.7 Å². The van der Waals surface area contributed by atoms with Gasteiger partial charge in [0.15, 0.2) is 5.13 Å². The highest BCUT2D eigenvalue weighted by atomic mass is 32.2. The van der Waals surface area contributed by atoms with Crippen LogP contribution in [0.3, 0.4) is 0 Å². The van der Waals surface area contributed by atoms with Crippen LogP contribution in [0.25, 0.3) is 0 Å². The molecule has 1 amide bonds. The number of carbonyl (C=O) groups is 1. The lowest BCUT2D eigenvalue weighted by molar-refractivity contribution is -0.118. The summed E-state index contributed by atoms with van der Waals surface area (Å²) in [6.07, 6.45) is 9.49. The molecule has 3 rings (SSSR count). The van der Waals surface area contributed by atoms with Gasteiger partial charge >= 0.3 is 0 Å². The molecule has 6 nitrogen and oxygen atoms in total. The number of hydrogen-bond acceptors (Lipinski definition) is 6. The van der Waals surface area contributed by atoms with Gasteiger partial charge in [-0.1, -0.05) is 51.7 Å². The number of benzene rings is 1. The van der Waals surface area contributed by atoms with Crippen LogP contribution in [-0.4, -0.2) is 24.3 Å². The Balaban J connectivity index is 1.88. The van der Waals surface area contributed by atoms with Crippen LogP contribution >= 0.6 is 11.3 Å². The van der Waals surface area contributed by atoms with E-state index < -0.39 is 9.84 Å². The predicted octanol–water partition coefficient (Wildman–Crippen LogP) is 5.70. The number of hydrogen-bond donors (Lipinski definition) is 1. The Kier molecular flexibility index (Phi) is 8.53. The van der Waals surface area contributed by atoms with Crippen molar-refractivity contribution in [3.63, 3.8) is 0 Å². The van der Waals surface area contributed by atoms with E-state index in [4.69, 9.17) is 0 Å². The molecule has 1 unspecified atom stereocenters. The van der Waals surface area contributed by atoms with Crippen molar-refractivity contribution >= 4 is 32.2 Å². The second-order valence-corrected chi connectivity index (χ2v) is 10.7. The smallest absolute Gasteiger partial charge is 0.233 e. The van der Waals surface area contributed by atoms with Gasteiger partial charge in [0.2, 0.25) is 15.7 Å². The number of nitrogens with zero attached hydrogens (tertiary/aromatic N) is 2. The van der Waals surface area contributed by atoms with Crippen molar-refractivity contribution in [1.82, 2.24) is 9.97 Å². The second kappa shape index (κ2) is 11.3. The Morgan fingerprint density at radius 3 is 2.31 bits per heavy atom. The Morgan fingerprint density at radius 1 is 1.03 bits per heavy atom. The summed E-state index contributed by atoms with van der Waals surface area (Å²) in [6.45, 7) is 4.32. The van der Waals surface area contributed by atoms with Crippen LogP contribution in [0.4, 0.5) is 5.13 Å². The number of carbonyl (C=O) groups excluding carboxylic acids is 1. The Morgan fingerprint density at radius 2 is 1.75 bits per heavy atom. The van der Waals surface area contributed by atoms with Gasteiger partial charge in [0.1, 0.15) is 0 Å². The summed E-state index contributed by atoms with van der Waals surface area (Å²) < 4.78 is 25.8. The molecule has 0 aliphatic heterocycles. The van der Waals surface area contributed by atoms with Gasteiger partial charge < -0.3 is 5.32 Å². The van der Waals surface area contributed by atoms with Gasteiger partial charge in [-0.3, -0.25) is 9.78 Å². The average Bonchev–Trinajstić information content (AvgIpc) is 3.31. The number of thiazole rings is 1. The van der Waals surface area contributed by atoms with Gasteiger partial charge in [-0.2, -0.15) is 0 Å². The summed E-state index contributed by atoms with van der Waals surface area (Å²) in [5.41, 5.74) is 0.807. The van der Waals surface area contributed by atoms with E-state index in [0.717, 1.165) is 31.2 Å². The van der Waals surface area contributed by atoms with Crippen molar-refractivity contribution < 1.29 is 13.2 Å². The quantitative estimate of drug-likeness (QED) is 0.387. The summed E-state index contributed by atoms with van der Waals surface area (Å²) in [5.74, 6) is -0.0620. The number of rotatable bonds is 11. The molecule has 0 spiro atoms. The molecule has 8 heteroatoms. The first-order valence-corrected chi connectivity index (χ1v) is 13.3. The number of nitrogens with one attached hydrogen (secondary N) is 1. The van der Waals surface area contributed by atoms with E-state index in [0.29, 0.717) is 17.5 Å². The van der Waals surface area contributed by atoms with Crippen LogP contribution in [0.5, 0.6) is 0 Å². The summed E-state index contributed by atoms with van der Waals surface area (Å²) >= 11 is 1.38. The van der Waals surface area contributed by atoms with Crippen molar-refractivity contribution in [1.29, 1.82) is 0 Å². The van der Waals surface area contributed by atoms with Crippen molar-refractivity contribution in [3.8, 4) is 0 Å². The van der Waals surface area contributed by atoms with Gasteiger partial charge in [-0.25, -0.2) is 13.4 Å². The topological polar surface area (TPSA) is 89.0 Å². The fourth-order valence-corrected chi connectivity index (χ4v) is 5.68. The third kappa shape index (κ3) is 6.01. The number of pyridine rings is 1. The van der Waals surface area contributed by atoms with Gasteiger partial charge in [0, 0.05) is 24.0 Å². The van der Waals surface area contributed by atoms with Gasteiger partial charge in [-0.15, -0.1) is 11.3 Å². The largest absolute Gasteiger partial charge is 0.301 e. The van der Waals surface area contributed by atoms with Crippen LogP contribution in [0.1, 0.15) is 57.4 Å². The highest BCUT2D eigenvalue weighted by Crippen LogP contribution is 2.32. The highest BCUT2D eigenvalue weighted by molar-refractivity contribution is 7.91. The summed E-state index contributed by atoms with van der Waals surface area (Å²) in [7, 11) is -3.65. The van der Waals surface area contributed by atoms with Gasteiger partial charge in [0.25, 0.3) is 0 Å². The van der Waals surface area contributed by atoms with Crippen molar-refractivity contribution in [2.75, 3.05) is 5.32 Å². The molecule has 0 aliphatic rings. The first kappa shape index (κ1) is 24.1. The minimum atomic E-state index is -3.65. The molecule has 0 fully saturated rings. The van der Waals surface area contributed by atoms with Crippen LogP contribution < -0.4 is 5.32 Å². The molecule has 1 atom stereocenters. The third-order valence-corrected chi connectivity index (χ3v) is 7.92. The molecule has 170 valence electrons. The molecule has 2 heterocycles. The molecule has 0 saturated heterocycles. The van der Waals surface area contributed by atoms with Gasteiger partial charge in [-0.05, 0) is 42.2 Å². The molecular weight excluding hydrogens is 442 g/mol. The van der Waals surface area contributed by atoms with Crippen molar-refractivity contribution in [2.24, 2.45) is 5.92 Å². The van der Waals surface area contributed by atoms with Crippen LogP contribution in [0.2, 0.25) is 0 Å². The zero-order valence-corrected chi connectivity index (χ0v) is 20.0. The standard InChI is InChI=1S/C24H29N3O3S2/c1-3-6-18(7-4-2)16-22(23(28)27-24-26-14-15-31-24)19-9-11-20(12-10-19)32(29,30)21-8-5-13-25-17-21/h5,8-15,17-18,22H,3-4,6-7,16H2,1-2H3,(H,26,27,28). The number of anilines is 1. The number of sulfone groups is 1.